The first-order chi connectivity index (χ1) is 14.2. The van der Waals surface area contributed by atoms with Crippen molar-refractivity contribution in [2.24, 2.45) is 0 Å². The Bertz CT molecular complexity index is 603. The van der Waals surface area contributed by atoms with Gasteiger partial charge in [-0.15, -0.1) is 0 Å². The summed E-state index contributed by atoms with van der Waals surface area (Å²) in [6.07, 6.45) is 0.569. The van der Waals surface area contributed by atoms with Crippen LogP contribution in [0.2, 0.25) is 0 Å². The third-order valence-corrected chi connectivity index (χ3v) is 3.77. The molecule has 0 aromatic carbocycles. The molecule has 0 rings (SSSR count). The minimum atomic E-state index is -0.610. The summed E-state index contributed by atoms with van der Waals surface area (Å²) in [5.41, 5.74) is 0. The van der Waals surface area contributed by atoms with Gasteiger partial charge in [-0.05, 0) is 12.8 Å². The highest BCUT2D eigenvalue weighted by molar-refractivity contribution is 4.84. The number of unbranched alkanes of at least 4 members (excludes halogenated alkanes) is 1. The molecule has 0 amide bonds. The molecular weight excluding hydrogens is 374 g/mol. The summed E-state index contributed by atoms with van der Waals surface area (Å²) in [6, 6.07) is 10.1. The molecule has 29 heavy (non-hydrogen) atoms. The van der Waals surface area contributed by atoms with Gasteiger partial charge < -0.3 is 18.9 Å². The number of hydrogen-bond donors (Lipinski definition) is 0. The summed E-state index contributed by atoms with van der Waals surface area (Å²) in [6.45, 7) is 0.887. The van der Waals surface area contributed by atoms with E-state index in [9.17, 15) is 0 Å². The van der Waals surface area contributed by atoms with Crippen molar-refractivity contribution in [1.82, 2.24) is 0 Å². The van der Waals surface area contributed by atoms with Crippen LogP contribution in [-0.2, 0) is 18.9 Å². The number of nitriles is 5. The lowest BCUT2D eigenvalue weighted by atomic mass is 10.0. The molecule has 0 aliphatic heterocycles. The monoisotopic (exact) mass is 401 g/mol. The summed E-state index contributed by atoms with van der Waals surface area (Å²) in [7, 11) is 0. The van der Waals surface area contributed by atoms with Crippen molar-refractivity contribution in [1.29, 1.82) is 26.3 Å². The highest BCUT2D eigenvalue weighted by Gasteiger charge is 2.32. The van der Waals surface area contributed by atoms with Gasteiger partial charge >= 0.3 is 0 Å². The first-order valence-electron chi connectivity index (χ1n) is 9.52. The Morgan fingerprint density at radius 3 is 1.59 bits per heavy atom. The molecule has 0 aromatic rings. The zero-order valence-electron chi connectivity index (χ0n) is 16.6. The molecule has 0 fully saturated rings. The molecule has 0 saturated heterocycles. The fourth-order valence-electron chi connectivity index (χ4n) is 2.49. The fraction of sp³-hybridized carbons (Fsp3) is 0.750. The van der Waals surface area contributed by atoms with E-state index >= 15 is 0 Å². The van der Waals surface area contributed by atoms with Crippen molar-refractivity contribution < 1.29 is 18.9 Å². The zero-order valence-corrected chi connectivity index (χ0v) is 16.6. The molecule has 3 unspecified atom stereocenters. The summed E-state index contributed by atoms with van der Waals surface area (Å²) < 4.78 is 23.1. The molecule has 9 heteroatoms. The molecule has 0 radical (unpaired) electrons. The second-order valence-corrected chi connectivity index (χ2v) is 5.91. The highest BCUT2D eigenvalue weighted by Crippen LogP contribution is 2.19. The van der Waals surface area contributed by atoms with Crippen LogP contribution in [0.25, 0.3) is 0 Å². The van der Waals surface area contributed by atoms with Crippen LogP contribution in [0, 0.1) is 56.7 Å². The quantitative estimate of drug-likeness (QED) is 0.315. The molecule has 0 spiro atoms. The van der Waals surface area contributed by atoms with E-state index in [0.717, 1.165) is 0 Å². The van der Waals surface area contributed by atoms with Crippen molar-refractivity contribution >= 4 is 0 Å². The fourth-order valence-corrected chi connectivity index (χ4v) is 2.49. The number of nitrogens with zero attached hydrogens (tertiary/aromatic N) is 5. The van der Waals surface area contributed by atoms with Gasteiger partial charge in [0.05, 0.1) is 95.2 Å². The molecule has 3 atom stereocenters. The summed E-state index contributed by atoms with van der Waals surface area (Å²) in [4.78, 5) is 0. The third kappa shape index (κ3) is 14.0. The van der Waals surface area contributed by atoms with Gasteiger partial charge in [0.1, 0.15) is 12.2 Å². The summed E-state index contributed by atoms with van der Waals surface area (Å²) >= 11 is 0. The molecule has 0 bridgehead atoms. The Hall–Kier alpha value is -2.71. The number of hydrogen-bond acceptors (Lipinski definition) is 9. The molecule has 0 saturated carbocycles. The molecule has 0 heterocycles. The molecule has 0 aromatic heterocycles. The van der Waals surface area contributed by atoms with E-state index in [2.05, 4.69) is 6.07 Å². The maximum absolute atomic E-state index is 8.82. The Morgan fingerprint density at radius 1 is 0.552 bits per heavy atom. The highest BCUT2D eigenvalue weighted by atomic mass is 16.6. The van der Waals surface area contributed by atoms with E-state index in [1.165, 1.54) is 0 Å². The first-order valence-corrected chi connectivity index (χ1v) is 9.52. The van der Waals surface area contributed by atoms with Crippen LogP contribution in [-0.4, -0.2) is 51.3 Å². The lowest BCUT2D eigenvalue weighted by Crippen LogP contribution is -2.45. The van der Waals surface area contributed by atoms with Gasteiger partial charge in [0.15, 0.2) is 0 Å². The van der Waals surface area contributed by atoms with E-state index in [1.54, 1.807) is 0 Å². The van der Waals surface area contributed by atoms with Gasteiger partial charge in [-0.3, -0.25) is 0 Å². The topological polar surface area (TPSA) is 156 Å². The average molecular weight is 401 g/mol. The predicted molar refractivity (Wildman–Crippen MR) is 100 cm³/mol. The molecule has 0 aliphatic rings. The second-order valence-electron chi connectivity index (χ2n) is 5.91. The van der Waals surface area contributed by atoms with Gasteiger partial charge in [-0.2, -0.15) is 26.3 Å². The van der Waals surface area contributed by atoms with Gasteiger partial charge in [-0.25, -0.2) is 0 Å². The van der Waals surface area contributed by atoms with E-state index in [0.29, 0.717) is 19.3 Å². The Morgan fingerprint density at radius 2 is 1.03 bits per heavy atom. The van der Waals surface area contributed by atoms with Crippen LogP contribution < -0.4 is 0 Å². The predicted octanol–water partition coefficient (Wildman–Crippen LogP) is 2.51. The van der Waals surface area contributed by atoms with Gasteiger partial charge in [0.2, 0.25) is 0 Å². The normalized spacial score (nSPS) is 13.1. The molecular formula is C20H27N5O4. The van der Waals surface area contributed by atoms with E-state index in [4.69, 9.17) is 45.3 Å². The van der Waals surface area contributed by atoms with E-state index in [-0.39, 0.29) is 58.7 Å². The molecule has 0 aliphatic carbocycles. The largest absolute Gasteiger partial charge is 0.378 e. The van der Waals surface area contributed by atoms with Crippen LogP contribution in [0.1, 0.15) is 44.9 Å². The number of rotatable bonds is 18. The lowest BCUT2D eigenvalue weighted by Gasteiger charge is -2.33. The van der Waals surface area contributed by atoms with Crippen LogP contribution in [0.5, 0.6) is 0 Å². The molecule has 0 N–H and O–H groups in total. The van der Waals surface area contributed by atoms with Gasteiger partial charge in [0, 0.05) is 6.42 Å². The van der Waals surface area contributed by atoms with Crippen molar-refractivity contribution in [2.75, 3.05) is 33.0 Å². The van der Waals surface area contributed by atoms with Gasteiger partial charge in [-0.1, -0.05) is 0 Å². The van der Waals surface area contributed by atoms with Crippen molar-refractivity contribution in [2.45, 2.75) is 63.3 Å². The van der Waals surface area contributed by atoms with Crippen molar-refractivity contribution in [3.05, 3.63) is 0 Å². The second kappa shape index (κ2) is 20.0. The van der Waals surface area contributed by atoms with Crippen molar-refractivity contribution in [3.8, 4) is 30.3 Å². The number of ether oxygens (including phenoxy) is 4. The minimum absolute atomic E-state index is 0.126. The summed E-state index contributed by atoms with van der Waals surface area (Å²) in [5.74, 6) is 0. The zero-order chi connectivity index (χ0) is 21.6. The van der Waals surface area contributed by atoms with E-state index < -0.39 is 18.3 Å². The van der Waals surface area contributed by atoms with Gasteiger partial charge in [0.25, 0.3) is 0 Å². The standard InChI is InChI=1S/C20H27N5O4/c21-8-2-1-7-18(27-14-4-10-23)20(29-16-6-12-25)19(28-15-5-11-24)17-26-13-3-9-22/h18-20H,1-7,13-17H2. The summed E-state index contributed by atoms with van der Waals surface area (Å²) in [5, 5.41) is 43.9. The van der Waals surface area contributed by atoms with Crippen LogP contribution in [0.4, 0.5) is 0 Å². The molecule has 9 nitrogen and oxygen atoms in total. The smallest absolute Gasteiger partial charge is 0.112 e. The lowest BCUT2D eigenvalue weighted by molar-refractivity contribution is -0.156. The Kier molecular flexibility index (Phi) is 18.2. The first kappa shape index (κ1) is 26.3. The third-order valence-electron chi connectivity index (χ3n) is 3.77. The molecule has 156 valence electrons. The average Bonchev–Trinajstić information content (AvgIpc) is 2.73. The van der Waals surface area contributed by atoms with E-state index in [1.807, 2.05) is 24.3 Å². The Balaban J connectivity index is 5.33. The Labute approximate surface area is 172 Å². The maximum atomic E-state index is 8.82. The van der Waals surface area contributed by atoms with Crippen LogP contribution in [0.3, 0.4) is 0 Å². The minimum Gasteiger partial charge on any atom is -0.378 e. The van der Waals surface area contributed by atoms with Crippen LogP contribution in [0.15, 0.2) is 0 Å². The SMILES string of the molecule is N#CCCCC(OCCC#N)C(OCCC#N)C(COCCC#N)OCCC#N. The van der Waals surface area contributed by atoms with Crippen molar-refractivity contribution in [3.63, 3.8) is 0 Å². The van der Waals surface area contributed by atoms with Crippen LogP contribution >= 0.6 is 0 Å². The maximum Gasteiger partial charge on any atom is 0.112 e.